The van der Waals surface area contributed by atoms with Gasteiger partial charge in [0, 0.05) is 11.6 Å². The number of hydrogen-bond donors (Lipinski definition) is 0. The molecule has 8 nitrogen and oxygen atoms in total. The van der Waals surface area contributed by atoms with E-state index in [-0.39, 0.29) is 29.5 Å². The number of hydrogen-bond acceptors (Lipinski definition) is 7. The van der Waals surface area contributed by atoms with Gasteiger partial charge in [0.2, 0.25) is 5.75 Å². The highest BCUT2D eigenvalue weighted by Gasteiger charge is 2.19. The maximum absolute atomic E-state index is 11.5. The molecule has 0 saturated heterocycles. The van der Waals surface area contributed by atoms with Crippen LogP contribution in [0.15, 0.2) is 60.7 Å². The minimum absolute atomic E-state index is 0.102. The molecule has 0 saturated carbocycles. The van der Waals surface area contributed by atoms with E-state index in [1.54, 1.807) is 12.1 Å². The van der Waals surface area contributed by atoms with Crippen molar-refractivity contribution in [3.8, 4) is 23.0 Å². The van der Waals surface area contributed by atoms with Gasteiger partial charge in [-0.15, -0.1) is 0 Å². The number of methoxy groups -OCH3 is 2. The van der Waals surface area contributed by atoms with Crippen molar-refractivity contribution in [2.45, 2.75) is 13.2 Å². The van der Waals surface area contributed by atoms with Crippen LogP contribution in [0.3, 0.4) is 0 Å². The van der Waals surface area contributed by atoms with Gasteiger partial charge >= 0.3 is 0 Å². The first kappa shape index (κ1) is 21.6. The smallest absolute Gasteiger partial charge is 0.276 e. The molecule has 8 heteroatoms. The van der Waals surface area contributed by atoms with Gasteiger partial charge in [-0.3, -0.25) is 14.9 Å². The summed E-state index contributed by atoms with van der Waals surface area (Å²) in [5.74, 6) is 1.27. The van der Waals surface area contributed by atoms with Gasteiger partial charge in [0.15, 0.2) is 11.5 Å². The van der Waals surface area contributed by atoms with Crippen molar-refractivity contribution in [3.05, 3.63) is 87.5 Å². The molecule has 0 heterocycles. The molecular formula is C23H21NO7. The maximum Gasteiger partial charge on any atom is 0.276 e. The maximum atomic E-state index is 11.5. The Balaban J connectivity index is 1.84. The topological polar surface area (TPSA) is 97.1 Å². The predicted octanol–water partition coefficient (Wildman–Crippen LogP) is 4.58. The zero-order valence-electron chi connectivity index (χ0n) is 17.1. The van der Waals surface area contributed by atoms with Crippen molar-refractivity contribution in [3.63, 3.8) is 0 Å². The Morgan fingerprint density at radius 3 is 2.16 bits per heavy atom. The molecule has 0 aliphatic heterocycles. The highest BCUT2D eigenvalue weighted by atomic mass is 16.6. The highest BCUT2D eigenvalue weighted by Crippen LogP contribution is 2.39. The Morgan fingerprint density at radius 2 is 1.58 bits per heavy atom. The number of nitrogens with zero attached hydrogens (tertiary/aromatic N) is 1. The van der Waals surface area contributed by atoms with E-state index >= 15 is 0 Å². The average Bonchev–Trinajstić information content (AvgIpc) is 2.81. The Hall–Kier alpha value is -4.07. The fraction of sp³-hybridized carbons (Fsp3) is 0.174. The van der Waals surface area contributed by atoms with Gasteiger partial charge in [0.1, 0.15) is 25.2 Å². The Kier molecular flexibility index (Phi) is 7.05. The third-order valence-electron chi connectivity index (χ3n) is 4.49. The fourth-order valence-corrected chi connectivity index (χ4v) is 2.95. The van der Waals surface area contributed by atoms with Crippen molar-refractivity contribution < 1.29 is 28.7 Å². The molecule has 0 N–H and O–H groups in total. The highest BCUT2D eigenvalue weighted by molar-refractivity contribution is 5.78. The molecule has 160 valence electrons. The summed E-state index contributed by atoms with van der Waals surface area (Å²) in [5, 5.41) is 11.5. The lowest BCUT2D eigenvalue weighted by Crippen LogP contribution is -2.04. The molecule has 0 aromatic heterocycles. The average molecular weight is 423 g/mol. The van der Waals surface area contributed by atoms with Crippen LogP contribution in [0.5, 0.6) is 23.0 Å². The summed E-state index contributed by atoms with van der Waals surface area (Å²) >= 11 is 0. The lowest BCUT2D eigenvalue weighted by atomic mass is 10.1. The molecule has 0 bridgehead atoms. The molecule has 0 radical (unpaired) electrons. The van der Waals surface area contributed by atoms with Gasteiger partial charge in [-0.1, -0.05) is 30.3 Å². The van der Waals surface area contributed by atoms with Crippen molar-refractivity contribution in [1.82, 2.24) is 0 Å². The second kappa shape index (κ2) is 10.1. The molecule has 3 aromatic rings. The van der Waals surface area contributed by atoms with Crippen LogP contribution in [0.25, 0.3) is 0 Å². The molecule has 3 rings (SSSR count). The summed E-state index contributed by atoms with van der Waals surface area (Å²) in [6.07, 6.45) is 0.660. The van der Waals surface area contributed by atoms with Gasteiger partial charge in [0.25, 0.3) is 5.69 Å². The van der Waals surface area contributed by atoms with Crippen LogP contribution in [0.2, 0.25) is 0 Å². The van der Waals surface area contributed by atoms with Gasteiger partial charge in [-0.2, -0.15) is 0 Å². The van der Waals surface area contributed by atoms with Crippen molar-refractivity contribution in [2.24, 2.45) is 0 Å². The fourth-order valence-electron chi connectivity index (χ4n) is 2.95. The number of benzene rings is 3. The Labute approximate surface area is 179 Å². The normalized spacial score (nSPS) is 10.3. The first-order valence-electron chi connectivity index (χ1n) is 9.33. The Bertz CT molecular complexity index is 1040. The molecule has 0 amide bonds. The summed E-state index contributed by atoms with van der Waals surface area (Å²) in [6, 6.07) is 17.1. The standard InChI is InChI=1S/C23H21NO7/c1-28-21-10-17(13-25)11-22(29-2)23(21)31-15-18-12-19(8-9-20(18)24(26)27)30-14-16-6-4-3-5-7-16/h3-13H,14-15H2,1-2H3. The number of nitro groups is 1. The van der Waals surface area contributed by atoms with Crippen LogP contribution in [0.4, 0.5) is 5.69 Å². The number of carbonyl (C=O) groups excluding carboxylic acids is 1. The van der Waals surface area contributed by atoms with Crippen molar-refractivity contribution in [2.75, 3.05) is 14.2 Å². The van der Waals surface area contributed by atoms with Gasteiger partial charge < -0.3 is 18.9 Å². The van der Waals surface area contributed by atoms with Crippen molar-refractivity contribution in [1.29, 1.82) is 0 Å². The minimum atomic E-state index is -0.483. The van der Waals surface area contributed by atoms with Gasteiger partial charge in [0.05, 0.1) is 24.7 Å². The number of ether oxygens (including phenoxy) is 4. The third-order valence-corrected chi connectivity index (χ3v) is 4.49. The van der Waals surface area contributed by atoms with Gasteiger partial charge in [-0.25, -0.2) is 0 Å². The van der Waals surface area contributed by atoms with Crippen LogP contribution < -0.4 is 18.9 Å². The number of carbonyl (C=O) groups is 1. The second-order valence-corrected chi connectivity index (χ2v) is 6.48. The summed E-state index contributed by atoms with van der Waals surface area (Å²) in [7, 11) is 2.85. The van der Waals surface area contributed by atoms with E-state index in [1.807, 2.05) is 30.3 Å². The lowest BCUT2D eigenvalue weighted by Gasteiger charge is -2.15. The summed E-state index contributed by atoms with van der Waals surface area (Å²) in [5.41, 5.74) is 1.54. The first-order chi connectivity index (χ1) is 15.0. The number of rotatable bonds is 10. The van der Waals surface area contributed by atoms with E-state index in [1.165, 1.54) is 32.4 Å². The number of aldehydes is 1. The van der Waals surface area contributed by atoms with E-state index in [0.717, 1.165) is 5.56 Å². The second-order valence-electron chi connectivity index (χ2n) is 6.48. The van der Waals surface area contributed by atoms with E-state index < -0.39 is 4.92 Å². The monoisotopic (exact) mass is 423 g/mol. The van der Waals surface area contributed by atoms with Crippen LogP contribution in [-0.4, -0.2) is 25.4 Å². The van der Waals surface area contributed by atoms with Crippen molar-refractivity contribution >= 4 is 12.0 Å². The summed E-state index contributed by atoms with van der Waals surface area (Å²) in [6.45, 7) is 0.194. The quantitative estimate of drug-likeness (QED) is 0.267. The molecule has 0 fully saturated rings. The van der Waals surface area contributed by atoms with Crippen LogP contribution >= 0.6 is 0 Å². The van der Waals surface area contributed by atoms with E-state index in [4.69, 9.17) is 18.9 Å². The number of nitro benzene ring substituents is 1. The molecule has 0 unspecified atom stereocenters. The molecule has 31 heavy (non-hydrogen) atoms. The van der Waals surface area contributed by atoms with E-state index in [0.29, 0.717) is 29.8 Å². The third kappa shape index (κ3) is 5.30. The summed E-state index contributed by atoms with van der Waals surface area (Å²) in [4.78, 5) is 22.1. The van der Waals surface area contributed by atoms with Crippen LogP contribution in [0, 0.1) is 10.1 Å². The SMILES string of the molecule is COc1cc(C=O)cc(OC)c1OCc1cc(OCc2ccccc2)ccc1[N+](=O)[O-]. The van der Waals surface area contributed by atoms with E-state index in [9.17, 15) is 14.9 Å². The molecule has 0 spiro atoms. The van der Waals surface area contributed by atoms with Crippen LogP contribution in [0.1, 0.15) is 21.5 Å². The Morgan fingerprint density at radius 1 is 0.903 bits per heavy atom. The van der Waals surface area contributed by atoms with Gasteiger partial charge in [-0.05, 0) is 29.8 Å². The molecule has 0 aliphatic carbocycles. The largest absolute Gasteiger partial charge is 0.493 e. The lowest BCUT2D eigenvalue weighted by molar-refractivity contribution is -0.385. The molecule has 0 aliphatic rings. The molecule has 0 atom stereocenters. The minimum Gasteiger partial charge on any atom is -0.493 e. The zero-order chi connectivity index (χ0) is 22.2. The first-order valence-corrected chi connectivity index (χ1v) is 9.33. The summed E-state index contributed by atoms with van der Waals surface area (Å²) < 4.78 is 22.2. The van der Waals surface area contributed by atoms with E-state index in [2.05, 4.69) is 0 Å². The molecular weight excluding hydrogens is 402 g/mol. The van der Waals surface area contributed by atoms with Crippen LogP contribution in [-0.2, 0) is 13.2 Å². The molecule has 3 aromatic carbocycles. The predicted molar refractivity (Wildman–Crippen MR) is 113 cm³/mol. The zero-order valence-corrected chi connectivity index (χ0v) is 17.1.